The second-order valence-corrected chi connectivity index (χ2v) is 4.55. The summed E-state index contributed by atoms with van der Waals surface area (Å²) in [5, 5.41) is 2.67. The standard InChI is InChI=1S/C16H17FN2O2/c1-3-21-15-8-7-11(9-13(15)18)16(20)19-14-6-4-5-12(17)10(14)2/h4-9H,3,18H2,1-2H3,(H,19,20). The van der Waals surface area contributed by atoms with Crippen LogP contribution in [0, 0.1) is 12.7 Å². The van der Waals surface area contributed by atoms with E-state index >= 15 is 0 Å². The van der Waals surface area contributed by atoms with Gasteiger partial charge in [0.25, 0.3) is 5.91 Å². The van der Waals surface area contributed by atoms with E-state index in [1.807, 2.05) is 6.92 Å². The van der Waals surface area contributed by atoms with Crippen molar-refractivity contribution in [2.75, 3.05) is 17.7 Å². The van der Waals surface area contributed by atoms with E-state index in [0.717, 1.165) is 0 Å². The van der Waals surface area contributed by atoms with Gasteiger partial charge in [-0.3, -0.25) is 4.79 Å². The summed E-state index contributed by atoms with van der Waals surface area (Å²) < 4.78 is 18.8. The topological polar surface area (TPSA) is 64.3 Å². The molecule has 21 heavy (non-hydrogen) atoms. The van der Waals surface area contributed by atoms with Crippen LogP contribution in [0.25, 0.3) is 0 Å². The van der Waals surface area contributed by atoms with Gasteiger partial charge >= 0.3 is 0 Å². The minimum atomic E-state index is -0.362. The number of benzene rings is 2. The Morgan fingerprint density at radius 1 is 1.33 bits per heavy atom. The zero-order valence-electron chi connectivity index (χ0n) is 11.9. The zero-order valence-corrected chi connectivity index (χ0v) is 11.9. The Kier molecular flexibility index (Phi) is 4.42. The number of nitrogens with one attached hydrogen (secondary N) is 1. The van der Waals surface area contributed by atoms with Crippen LogP contribution in [0.4, 0.5) is 15.8 Å². The van der Waals surface area contributed by atoms with E-state index in [2.05, 4.69) is 5.32 Å². The highest BCUT2D eigenvalue weighted by Gasteiger charge is 2.11. The first-order chi connectivity index (χ1) is 10.0. The largest absolute Gasteiger partial charge is 0.492 e. The molecule has 2 aromatic rings. The molecule has 0 aliphatic carbocycles. The van der Waals surface area contributed by atoms with Gasteiger partial charge in [0, 0.05) is 16.8 Å². The third-order valence-electron chi connectivity index (χ3n) is 3.09. The third kappa shape index (κ3) is 3.31. The molecule has 5 heteroatoms. The predicted octanol–water partition coefficient (Wildman–Crippen LogP) is 3.37. The van der Waals surface area contributed by atoms with Gasteiger partial charge in [-0.15, -0.1) is 0 Å². The predicted molar refractivity (Wildman–Crippen MR) is 81.1 cm³/mol. The van der Waals surface area contributed by atoms with Gasteiger partial charge in [-0.1, -0.05) is 6.07 Å². The number of nitrogens with two attached hydrogens (primary N) is 1. The monoisotopic (exact) mass is 288 g/mol. The molecule has 0 saturated carbocycles. The summed E-state index contributed by atoms with van der Waals surface area (Å²) in [5.41, 5.74) is 7.44. The SMILES string of the molecule is CCOc1ccc(C(=O)Nc2cccc(F)c2C)cc1N. The molecule has 0 atom stereocenters. The molecule has 0 heterocycles. The minimum absolute atomic E-state index is 0.349. The number of halogens is 1. The molecule has 110 valence electrons. The van der Waals surface area contributed by atoms with E-state index in [-0.39, 0.29) is 11.7 Å². The molecule has 3 N–H and O–H groups in total. The van der Waals surface area contributed by atoms with E-state index in [0.29, 0.717) is 34.9 Å². The van der Waals surface area contributed by atoms with Crippen molar-refractivity contribution in [2.45, 2.75) is 13.8 Å². The third-order valence-corrected chi connectivity index (χ3v) is 3.09. The van der Waals surface area contributed by atoms with Gasteiger partial charge in [0.05, 0.1) is 12.3 Å². The van der Waals surface area contributed by atoms with Crippen LogP contribution in [-0.4, -0.2) is 12.5 Å². The van der Waals surface area contributed by atoms with Crippen molar-refractivity contribution in [3.63, 3.8) is 0 Å². The lowest BCUT2D eigenvalue weighted by molar-refractivity contribution is 0.102. The van der Waals surface area contributed by atoms with Crippen molar-refractivity contribution in [1.29, 1.82) is 0 Å². The van der Waals surface area contributed by atoms with Gasteiger partial charge in [0.15, 0.2) is 0 Å². The van der Waals surface area contributed by atoms with Crippen LogP contribution in [-0.2, 0) is 0 Å². The Bertz CT molecular complexity index is 671. The Labute approximate surface area is 122 Å². The summed E-state index contributed by atoms with van der Waals surface area (Å²) >= 11 is 0. The van der Waals surface area contributed by atoms with Crippen molar-refractivity contribution < 1.29 is 13.9 Å². The quantitative estimate of drug-likeness (QED) is 0.848. The summed E-state index contributed by atoms with van der Waals surface area (Å²) in [6, 6.07) is 9.34. The summed E-state index contributed by atoms with van der Waals surface area (Å²) in [5.74, 6) is -0.173. The number of rotatable bonds is 4. The number of amides is 1. The minimum Gasteiger partial charge on any atom is -0.492 e. The van der Waals surface area contributed by atoms with Crippen LogP contribution in [0.5, 0.6) is 5.75 Å². The van der Waals surface area contributed by atoms with E-state index in [1.54, 1.807) is 31.2 Å². The van der Waals surface area contributed by atoms with Gasteiger partial charge in [-0.05, 0) is 44.2 Å². The van der Waals surface area contributed by atoms with Crippen LogP contribution < -0.4 is 15.8 Å². The zero-order chi connectivity index (χ0) is 15.4. The summed E-state index contributed by atoms with van der Waals surface area (Å²) in [6.45, 7) is 3.96. The average Bonchev–Trinajstić information content (AvgIpc) is 2.46. The smallest absolute Gasteiger partial charge is 0.255 e. The highest BCUT2D eigenvalue weighted by atomic mass is 19.1. The number of carbonyl (C=O) groups excluding carboxylic acids is 1. The molecule has 0 aliphatic rings. The van der Waals surface area contributed by atoms with E-state index in [9.17, 15) is 9.18 Å². The fraction of sp³-hybridized carbons (Fsp3) is 0.188. The summed E-state index contributed by atoms with van der Waals surface area (Å²) in [6.07, 6.45) is 0. The Hall–Kier alpha value is -2.56. The lowest BCUT2D eigenvalue weighted by atomic mass is 10.1. The summed E-state index contributed by atoms with van der Waals surface area (Å²) in [4.78, 5) is 12.2. The Morgan fingerprint density at radius 3 is 2.76 bits per heavy atom. The maximum Gasteiger partial charge on any atom is 0.255 e. The van der Waals surface area contributed by atoms with Crippen molar-refractivity contribution in [1.82, 2.24) is 0 Å². The van der Waals surface area contributed by atoms with Crippen LogP contribution in [0.1, 0.15) is 22.8 Å². The Morgan fingerprint density at radius 2 is 2.10 bits per heavy atom. The highest BCUT2D eigenvalue weighted by Crippen LogP contribution is 2.24. The van der Waals surface area contributed by atoms with Gasteiger partial charge < -0.3 is 15.8 Å². The van der Waals surface area contributed by atoms with Crippen molar-refractivity contribution in [3.05, 3.63) is 53.3 Å². The van der Waals surface area contributed by atoms with Crippen molar-refractivity contribution in [2.24, 2.45) is 0 Å². The molecule has 0 aromatic heterocycles. The molecule has 0 fully saturated rings. The molecule has 2 aromatic carbocycles. The van der Waals surface area contributed by atoms with E-state index < -0.39 is 0 Å². The molecular weight excluding hydrogens is 271 g/mol. The number of carbonyl (C=O) groups is 1. The molecule has 0 aliphatic heterocycles. The number of ether oxygens (including phenoxy) is 1. The van der Waals surface area contributed by atoms with Crippen molar-refractivity contribution >= 4 is 17.3 Å². The maximum absolute atomic E-state index is 13.4. The maximum atomic E-state index is 13.4. The molecule has 2 rings (SSSR count). The van der Waals surface area contributed by atoms with Gasteiger partial charge in [-0.25, -0.2) is 4.39 Å². The first kappa shape index (κ1) is 14.8. The lowest BCUT2D eigenvalue weighted by Crippen LogP contribution is -2.13. The lowest BCUT2D eigenvalue weighted by Gasteiger charge is -2.11. The van der Waals surface area contributed by atoms with Gasteiger partial charge in [0.1, 0.15) is 11.6 Å². The highest BCUT2D eigenvalue weighted by molar-refractivity contribution is 6.05. The second kappa shape index (κ2) is 6.26. The summed E-state index contributed by atoms with van der Waals surface area (Å²) in [7, 11) is 0. The van der Waals surface area contributed by atoms with Crippen LogP contribution in [0.3, 0.4) is 0 Å². The normalized spacial score (nSPS) is 10.2. The number of hydrogen-bond donors (Lipinski definition) is 2. The van der Waals surface area contributed by atoms with Crippen LogP contribution >= 0.6 is 0 Å². The number of hydrogen-bond acceptors (Lipinski definition) is 3. The molecule has 4 nitrogen and oxygen atoms in total. The molecule has 0 radical (unpaired) electrons. The molecule has 0 saturated heterocycles. The fourth-order valence-corrected chi connectivity index (χ4v) is 1.91. The van der Waals surface area contributed by atoms with Gasteiger partial charge in [-0.2, -0.15) is 0 Å². The molecule has 0 unspecified atom stereocenters. The number of anilines is 2. The number of nitrogen functional groups attached to an aromatic ring is 1. The molecule has 0 spiro atoms. The first-order valence-electron chi connectivity index (χ1n) is 6.61. The van der Waals surface area contributed by atoms with Crippen LogP contribution in [0.2, 0.25) is 0 Å². The van der Waals surface area contributed by atoms with Crippen LogP contribution in [0.15, 0.2) is 36.4 Å². The molecular formula is C16H17FN2O2. The molecule has 0 bridgehead atoms. The Balaban J connectivity index is 2.21. The molecule has 1 amide bonds. The van der Waals surface area contributed by atoms with Crippen molar-refractivity contribution in [3.8, 4) is 5.75 Å². The average molecular weight is 288 g/mol. The second-order valence-electron chi connectivity index (χ2n) is 4.55. The van der Waals surface area contributed by atoms with E-state index in [1.165, 1.54) is 12.1 Å². The fourth-order valence-electron chi connectivity index (χ4n) is 1.91. The van der Waals surface area contributed by atoms with Gasteiger partial charge in [0.2, 0.25) is 0 Å². The first-order valence-corrected chi connectivity index (χ1v) is 6.61. The van der Waals surface area contributed by atoms with E-state index in [4.69, 9.17) is 10.5 Å².